The summed E-state index contributed by atoms with van der Waals surface area (Å²) in [5.74, 6) is -1.74. The quantitative estimate of drug-likeness (QED) is 0.204. The molecule has 0 radical (unpaired) electrons. The molecule has 0 bridgehead atoms. The van der Waals surface area contributed by atoms with Crippen LogP contribution in [0.1, 0.15) is 43.1 Å². The lowest BCUT2D eigenvalue weighted by Crippen LogP contribution is -2.46. The third-order valence-corrected chi connectivity index (χ3v) is 10.2. The number of aryl methyl sites for hydroxylation is 1. The maximum absolute atomic E-state index is 15.0. The average molecular weight is 699 g/mol. The van der Waals surface area contributed by atoms with Crippen molar-refractivity contribution in [3.63, 3.8) is 0 Å². The van der Waals surface area contributed by atoms with Crippen molar-refractivity contribution in [1.29, 1.82) is 0 Å². The summed E-state index contributed by atoms with van der Waals surface area (Å²) in [5, 5.41) is 12.4. The van der Waals surface area contributed by atoms with E-state index in [0.717, 1.165) is 75.0 Å². The Hall–Kier alpha value is -5.08. The number of hydrogen-bond acceptors (Lipinski definition) is 9. The minimum Gasteiger partial charge on any atom is -0.491 e. The molecule has 2 atom stereocenters. The van der Waals surface area contributed by atoms with Gasteiger partial charge in [-0.1, -0.05) is 12.8 Å². The first-order valence-corrected chi connectivity index (χ1v) is 17.4. The Kier molecular flexibility index (Phi) is 9.03. The van der Waals surface area contributed by atoms with Gasteiger partial charge in [-0.3, -0.25) is 4.57 Å². The molecule has 0 N–H and O–H groups in total. The van der Waals surface area contributed by atoms with Gasteiger partial charge in [0.2, 0.25) is 5.79 Å². The van der Waals surface area contributed by atoms with Crippen LogP contribution in [0.5, 0.6) is 5.75 Å². The maximum atomic E-state index is 15.0. The van der Waals surface area contributed by atoms with Crippen LogP contribution in [0.15, 0.2) is 84.2 Å². The molecule has 266 valence electrons. The van der Waals surface area contributed by atoms with Crippen LogP contribution in [-0.4, -0.2) is 74.6 Å². The van der Waals surface area contributed by atoms with E-state index in [-0.39, 0.29) is 36.9 Å². The molecule has 5 aromatic rings. The Morgan fingerprint density at radius 3 is 2.20 bits per heavy atom. The fourth-order valence-electron chi connectivity index (χ4n) is 7.35. The summed E-state index contributed by atoms with van der Waals surface area (Å²) in [4.78, 5) is 17.7. The minimum absolute atomic E-state index is 0.0735. The molecule has 12 nitrogen and oxygen atoms in total. The predicted octanol–water partition coefficient (Wildman–Crippen LogP) is 4.77. The highest BCUT2D eigenvalue weighted by atomic mass is 19.1. The summed E-state index contributed by atoms with van der Waals surface area (Å²) < 4.78 is 52.2. The molecule has 3 aliphatic rings. The highest BCUT2D eigenvalue weighted by molar-refractivity contribution is 5.54. The van der Waals surface area contributed by atoms with Gasteiger partial charge in [-0.2, -0.15) is 9.78 Å². The molecule has 14 heteroatoms. The zero-order valence-electron chi connectivity index (χ0n) is 28.4. The van der Waals surface area contributed by atoms with E-state index in [1.165, 1.54) is 16.8 Å². The van der Waals surface area contributed by atoms with Crippen LogP contribution in [0, 0.1) is 11.6 Å². The lowest BCUT2D eigenvalue weighted by molar-refractivity contribution is -0.181. The van der Waals surface area contributed by atoms with E-state index in [4.69, 9.17) is 14.2 Å². The van der Waals surface area contributed by atoms with Gasteiger partial charge in [0, 0.05) is 62.3 Å². The molecule has 4 heterocycles. The molecule has 2 aromatic heterocycles. The zero-order chi connectivity index (χ0) is 35.0. The van der Waals surface area contributed by atoms with E-state index < -0.39 is 23.5 Å². The van der Waals surface area contributed by atoms with E-state index in [2.05, 4.69) is 37.2 Å². The average Bonchev–Trinajstić information content (AvgIpc) is 3.97. The number of benzene rings is 3. The van der Waals surface area contributed by atoms with Gasteiger partial charge in [0.1, 0.15) is 48.6 Å². The van der Waals surface area contributed by atoms with Crippen LogP contribution in [0.4, 0.5) is 20.2 Å². The van der Waals surface area contributed by atoms with Crippen LogP contribution in [0.2, 0.25) is 0 Å². The molecular formula is C37H40F2N8O4. The van der Waals surface area contributed by atoms with E-state index >= 15 is 0 Å². The third kappa shape index (κ3) is 6.73. The smallest absolute Gasteiger partial charge is 0.350 e. The van der Waals surface area contributed by atoms with Crippen molar-refractivity contribution in [3.8, 4) is 11.4 Å². The highest BCUT2D eigenvalue weighted by Crippen LogP contribution is 2.39. The molecule has 3 aromatic carbocycles. The maximum Gasteiger partial charge on any atom is 0.350 e. The van der Waals surface area contributed by atoms with Crippen molar-refractivity contribution in [2.24, 2.45) is 7.05 Å². The second kappa shape index (κ2) is 13.9. The zero-order valence-corrected chi connectivity index (χ0v) is 28.4. The fraction of sp³-hybridized carbons (Fsp3) is 0.405. The summed E-state index contributed by atoms with van der Waals surface area (Å²) in [6, 6.07) is 19.6. The van der Waals surface area contributed by atoms with Gasteiger partial charge < -0.3 is 28.6 Å². The van der Waals surface area contributed by atoms with E-state index in [1.54, 1.807) is 28.8 Å². The first-order chi connectivity index (χ1) is 24.8. The normalized spacial score (nSPS) is 21.1. The molecule has 1 saturated carbocycles. The number of rotatable bonds is 10. The largest absolute Gasteiger partial charge is 0.491 e. The van der Waals surface area contributed by atoms with Crippen molar-refractivity contribution in [2.45, 2.75) is 50.0 Å². The molecule has 3 fully saturated rings. The van der Waals surface area contributed by atoms with E-state index in [9.17, 15) is 13.6 Å². The van der Waals surface area contributed by atoms with Crippen molar-refractivity contribution in [1.82, 2.24) is 29.1 Å². The van der Waals surface area contributed by atoms with Gasteiger partial charge in [0.15, 0.2) is 0 Å². The van der Waals surface area contributed by atoms with Crippen molar-refractivity contribution in [3.05, 3.63) is 113 Å². The topological polar surface area (TPSA) is 105 Å². The minimum atomic E-state index is -1.50. The Balaban J connectivity index is 0.851. The first-order valence-electron chi connectivity index (χ1n) is 17.4. The number of piperazine rings is 1. The summed E-state index contributed by atoms with van der Waals surface area (Å²) >= 11 is 0. The standard InChI is InChI=1S/C37H40F2N8O4/c1-43-24-40-42-35(43)21-37(33-15-6-26(38)20-34(33)39)50-23-32(51-37)22-49-31-13-11-28(12-14-31)45-18-16-44(17-19-45)27-7-9-30(10-8-27)47-36(48)46(25-41-47)29-4-2-3-5-29/h6-15,20,24-25,29,32H,2-5,16-19,21-23H2,1H3. The monoisotopic (exact) mass is 698 g/mol. The lowest BCUT2D eigenvalue weighted by Gasteiger charge is -2.37. The number of halogens is 2. The van der Waals surface area contributed by atoms with Crippen LogP contribution in [0.3, 0.4) is 0 Å². The molecule has 0 spiro atoms. The number of aromatic nitrogens is 6. The SMILES string of the molecule is Cn1cnnc1CC1(c2ccc(F)cc2F)OCC(COc2ccc(N3CCN(c4ccc(-n5ncn(C6CCCC6)c5=O)cc4)CC3)cc2)O1. The molecular weight excluding hydrogens is 658 g/mol. The molecule has 0 amide bonds. The van der Waals surface area contributed by atoms with Gasteiger partial charge >= 0.3 is 5.69 Å². The third-order valence-electron chi connectivity index (χ3n) is 10.2. The predicted molar refractivity (Wildman–Crippen MR) is 185 cm³/mol. The molecule has 2 unspecified atom stereocenters. The van der Waals surface area contributed by atoms with Crippen LogP contribution in [-0.2, 0) is 28.7 Å². The number of hydrogen-bond donors (Lipinski definition) is 0. The molecule has 2 aliphatic heterocycles. The molecule has 8 rings (SSSR count). The van der Waals surface area contributed by atoms with Gasteiger partial charge in [-0.15, -0.1) is 10.2 Å². The fourth-order valence-corrected chi connectivity index (χ4v) is 7.35. The van der Waals surface area contributed by atoms with Crippen molar-refractivity contribution >= 4 is 11.4 Å². The van der Waals surface area contributed by atoms with Gasteiger partial charge in [-0.25, -0.2) is 13.6 Å². The highest BCUT2D eigenvalue weighted by Gasteiger charge is 2.46. The first kappa shape index (κ1) is 33.1. The van der Waals surface area contributed by atoms with Gasteiger partial charge in [-0.05, 0) is 73.5 Å². The Bertz CT molecular complexity index is 2020. The molecule has 51 heavy (non-hydrogen) atoms. The number of ether oxygens (including phenoxy) is 3. The second-order valence-corrected chi connectivity index (χ2v) is 13.4. The Labute approximate surface area is 293 Å². The molecule has 1 aliphatic carbocycles. The summed E-state index contributed by atoms with van der Waals surface area (Å²) in [7, 11) is 1.78. The van der Waals surface area contributed by atoms with Crippen LogP contribution < -0.4 is 20.2 Å². The Morgan fingerprint density at radius 1 is 0.882 bits per heavy atom. The van der Waals surface area contributed by atoms with Crippen LogP contribution >= 0.6 is 0 Å². The summed E-state index contributed by atoms with van der Waals surface area (Å²) in [6.07, 6.45) is 7.21. The Morgan fingerprint density at radius 2 is 1.55 bits per heavy atom. The van der Waals surface area contributed by atoms with Gasteiger partial charge in [0.25, 0.3) is 0 Å². The van der Waals surface area contributed by atoms with E-state index in [0.29, 0.717) is 11.6 Å². The number of nitrogens with zero attached hydrogens (tertiary/aromatic N) is 8. The van der Waals surface area contributed by atoms with E-state index in [1.807, 2.05) is 36.4 Å². The van der Waals surface area contributed by atoms with Crippen molar-refractivity contribution < 1.29 is 23.0 Å². The lowest BCUT2D eigenvalue weighted by atomic mass is 10.0. The summed E-state index contributed by atoms with van der Waals surface area (Å²) in [5.41, 5.74) is 3.01. The molecule has 2 saturated heterocycles. The van der Waals surface area contributed by atoms with Gasteiger partial charge in [0.05, 0.1) is 18.7 Å². The second-order valence-electron chi connectivity index (χ2n) is 13.4. The van der Waals surface area contributed by atoms with Crippen molar-refractivity contribution in [2.75, 3.05) is 49.2 Å². The summed E-state index contributed by atoms with van der Waals surface area (Å²) in [6.45, 7) is 3.76. The van der Waals surface area contributed by atoms with Crippen LogP contribution in [0.25, 0.3) is 5.69 Å². The number of anilines is 2.